The highest BCUT2D eigenvalue weighted by atomic mass is 79.9. The predicted octanol–water partition coefficient (Wildman–Crippen LogP) is 3.31. The molecule has 0 amide bonds. The summed E-state index contributed by atoms with van der Waals surface area (Å²) in [7, 11) is 0. The van der Waals surface area contributed by atoms with Crippen molar-refractivity contribution in [2.75, 3.05) is 6.54 Å². The first-order valence-electron chi connectivity index (χ1n) is 5.58. The van der Waals surface area contributed by atoms with Crippen molar-refractivity contribution < 1.29 is 0 Å². The van der Waals surface area contributed by atoms with Gasteiger partial charge in [-0.1, -0.05) is 36.4 Å². The van der Waals surface area contributed by atoms with Gasteiger partial charge in [-0.3, -0.25) is 0 Å². The summed E-state index contributed by atoms with van der Waals surface area (Å²) in [6.45, 7) is 9.65. The molecule has 2 heteroatoms. The molecule has 3 aliphatic carbocycles. The van der Waals surface area contributed by atoms with E-state index in [1.807, 2.05) is 0 Å². The third kappa shape index (κ3) is 1.67. The normalized spacial score (nSPS) is 38.9. The molecule has 0 saturated heterocycles. The van der Waals surface area contributed by atoms with Crippen molar-refractivity contribution in [1.29, 1.82) is 0 Å². The van der Waals surface area contributed by atoms with Gasteiger partial charge in [0, 0.05) is 17.1 Å². The van der Waals surface area contributed by atoms with Crippen LogP contribution in [0.5, 0.6) is 0 Å². The highest BCUT2D eigenvalue weighted by Crippen LogP contribution is 2.58. The van der Waals surface area contributed by atoms with E-state index in [0.29, 0.717) is 5.41 Å². The van der Waals surface area contributed by atoms with E-state index in [4.69, 9.17) is 0 Å². The van der Waals surface area contributed by atoms with E-state index < -0.39 is 0 Å². The van der Waals surface area contributed by atoms with Crippen LogP contribution in [0.15, 0.2) is 11.1 Å². The van der Waals surface area contributed by atoms with Crippen LogP contribution in [0.1, 0.15) is 33.1 Å². The van der Waals surface area contributed by atoms with Crippen LogP contribution in [0.2, 0.25) is 0 Å². The first-order valence-corrected chi connectivity index (χ1v) is 6.37. The highest BCUT2D eigenvalue weighted by molar-refractivity contribution is 9.11. The van der Waals surface area contributed by atoms with Crippen LogP contribution in [0, 0.1) is 17.3 Å². The molecule has 80 valence electrons. The van der Waals surface area contributed by atoms with E-state index in [1.54, 1.807) is 0 Å². The van der Waals surface area contributed by atoms with Gasteiger partial charge in [-0.25, -0.2) is 0 Å². The summed E-state index contributed by atoms with van der Waals surface area (Å²) >= 11 is 3.41. The van der Waals surface area contributed by atoms with E-state index in [9.17, 15) is 0 Å². The Labute approximate surface area is 95.5 Å². The Morgan fingerprint density at radius 2 is 2.21 bits per heavy atom. The van der Waals surface area contributed by atoms with Gasteiger partial charge in [0.05, 0.1) is 0 Å². The zero-order valence-electron chi connectivity index (χ0n) is 9.15. The molecule has 0 spiro atoms. The van der Waals surface area contributed by atoms with Crippen molar-refractivity contribution in [3.8, 4) is 0 Å². The number of hydrogen-bond acceptors (Lipinski definition) is 1. The van der Waals surface area contributed by atoms with Crippen molar-refractivity contribution in [1.82, 2.24) is 5.32 Å². The molecule has 0 heterocycles. The minimum Gasteiger partial charge on any atom is -0.309 e. The summed E-state index contributed by atoms with van der Waals surface area (Å²) in [5, 5.41) is 3.62. The molecular weight excluding hydrogens is 238 g/mol. The standard InChI is InChI=1S/C12H20BrN/c1-8(13)7-14-11-5-4-9-6-10(11)12(9,2)3/h9-11,14H,1,4-7H2,2-3H3. The maximum atomic E-state index is 3.87. The third-order valence-electron chi connectivity index (χ3n) is 4.41. The van der Waals surface area contributed by atoms with E-state index in [0.717, 1.165) is 28.9 Å². The lowest BCUT2D eigenvalue weighted by Crippen LogP contribution is -2.58. The molecule has 0 aliphatic heterocycles. The minimum absolute atomic E-state index is 0.587. The Kier molecular flexibility index (Phi) is 2.78. The fourth-order valence-electron chi connectivity index (χ4n) is 3.30. The lowest BCUT2D eigenvalue weighted by molar-refractivity contribution is -0.0860. The smallest absolute Gasteiger partial charge is 0.0268 e. The fraction of sp³-hybridized carbons (Fsp3) is 0.833. The first kappa shape index (κ1) is 10.7. The van der Waals surface area contributed by atoms with Crippen LogP contribution < -0.4 is 5.32 Å². The van der Waals surface area contributed by atoms with E-state index in [1.165, 1.54) is 19.3 Å². The molecule has 0 aromatic carbocycles. The first-order chi connectivity index (χ1) is 6.51. The SMILES string of the molecule is C=C(Br)CNC1CCC2CC1C2(C)C. The highest BCUT2D eigenvalue weighted by Gasteiger charge is 2.53. The predicted molar refractivity (Wildman–Crippen MR) is 64.5 cm³/mol. The zero-order valence-corrected chi connectivity index (χ0v) is 10.7. The summed E-state index contributed by atoms with van der Waals surface area (Å²) in [6.07, 6.45) is 4.22. The lowest BCUT2D eigenvalue weighted by Gasteiger charge is -2.60. The minimum atomic E-state index is 0.587. The van der Waals surface area contributed by atoms with Gasteiger partial charge in [0.25, 0.3) is 0 Å². The number of fused-ring (bicyclic) bond motifs is 2. The molecule has 0 aromatic rings. The average molecular weight is 258 g/mol. The van der Waals surface area contributed by atoms with Gasteiger partial charge in [0.2, 0.25) is 0 Å². The van der Waals surface area contributed by atoms with Gasteiger partial charge >= 0.3 is 0 Å². The van der Waals surface area contributed by atoms with Gasteiger partial charge < -0.3 is 5.32 Å². The monoisotopic (exact) mass is 257 g/mol. The number of nitrogens with one attached hydrogen (secondary N) is 1. The zero-order chi connectivity index (χ0) is 10.3. The quantitative estimate of drug-likeness (QED) is 0.819. The Morgan fingerprint density at radius 3 is 2.71 bits per heavy atom. The van der Waals surface area contributed by atoms with Crippen LogP contribution in [0.4, 0.5) is 0 Å². The van der Waals surface area contributed by atoms with Crippen LogP contribution in [0.25, 0.3) is 0 Å². The molecule has 0 aromatic heterocycles. The largest absolute Gasteiger partial charge is 0.309 e. The maximum absolute atomic E-state index is 3.87. The average Bonchev–Trinajstić information content (AvgIpc) is 2.14. The Bertz CT molecular complexity index is 245. The molecule has 3 aliphatic rings. The molecule has 1 N–H and O–H groups in total. The Morgan fingerprint density at radius 1 is 1.50 bits per heavy atom. The van der Waals surface area contributed by atoms with Crippen LogP contribution in [-0.4, -0.2) is 12.6 Å². The number of rotatable bonds is 3. The second kappa shape index (κ2) is 3.64. The lowest BCUT2D eigenvalue weighted by atomic mass is 9.47. The molecule has 0 radical (unpaired) electrons. The van der Waals surface area contributed by atoms with Crippen molar-refractivity contribution in [3.63, 3.8) is 0 Å². The summed E-state index contributed by atoms with van der Waals surface area (Å²) in [6, 6.07) is 0.726. The molecule has 1 nitrogen and oxygen atoms in total. The molecule has 3 unspecified atom stereocenters. The van der Waals surface area contributed by atoms with E-state index in [-0.39, 0.29) is 0 Å². The summed E-state index contributed by atoms with van der Waals surface area (Å²) in [5.74, 6) is 1.89. The number of hydrogen-bond donors (Lipinski definition) is 1. The maximum Gasteiger partial charge on any atom is 0.0268 e. The van der Waals surface area contributed by atoms with Gasteiger partial charge in [-0.15, -0.1) is 0 Å². The van der Waals surface area contributed by atoms with Gasteiger partial charge in [0.15, 0.2) is 0 Å². The van der Waals surface area contributed by atoms with Crippen LogP contribution in [0.3, 0.4) is 0 Å². The summed E-state index contributed by atoms with van der Waals surface area (Å²) in [4.78, 5) is 0. The molecule has 3 rings (SSSR count). The molecule has 14 heavy (non-hydrogen) atoms. The van der Waals surface area contributed by atoms with E-state index in [2.05, 4.69) is 41.7 Å². The Balaban J connectivity index is 1.91. The van der Waals surface area contributed by atoms with Gasteiger partial charge in [-0.2, -0.15) is 0 Å². The van der Waals surface area contributed by atoms with Crippen LogP contribution in [-0.2, 0) is 0 Å². The van der Waals surface area contributed by atoms with Crippen molar-refractivity contribution in [2.24, 2.45) is 17.3 Å². The second-order valence-electron chi connectivity index (χ2n) is 5.44. The topological polar surface area (TPSA) is 12.0 Å². The Hall–Kier alpha value is 0.180. The summed E-state index contributed by atoms with van der Waals surface area (Å²) < 4.78 is 1.07. The van der Waals surface area contributed by atoms with E-state index >= 15 is 0 Å². The molecule has 3 saturated carbocycles. The fourth-order valence-corrected chi connectivity index (χ4v) is 3.46. The van der Waals surface area contributed by atoms with Gasteiger partial charge in [0.1, 0.15) is 0 Å². The second-order valence-corrected chi connectivity index (χ2v) is 6.56. The number of halogens is 1. The molecule has 2 bridgehead atoms. The van der Waals surface area contributed by atoms with Crippen molar-refractivity contribution in [3.05, 3.63) is 11.1 Å². The van der Waals surface area contributed by atoms with Crippen molar-refractivity contribution in [2.45, 2.75) is 39.2 Å². The van der Waals surface area contributed by atoms with Gasteiger partial charge in [-0.05, 0) is 36.5 Å². The van der Waals surface area contributed by atoms with Crippen molar-refractivity contribution >= 4 is 15.9 Å². The van der Waals surface area contributed by atoms with Crippen LogP contribution >= 0.6 is 15.9 Å². The molecule has 3 fully saturated rings. The third-order valence-corrected chi connectivity index (χ3v) is 4.69. The summed E-state index contributed by atoms with van der Waals surface area (Å²) in [5.41, 5.74) is 0.587. The molecule has 3 atom stereocenters. The molecular formula is C12H20BrN.